The van der Waals surface area contributed by atoms with Gasteiger partial charge in [-0.2, -0.15) is 0 Å². The number of rotatable bonds is 4. The van der Waals surface area contributed by atoms with Crippen LogP contribution in [0.2, 0.25) is 0 Å². The number of carbonyl (C=O) groups is 1. The highest BCUT2D eigenvalue weighted by Crippen LogP contribution is 2.29. The number of aliphatic hydroxyl groups excluding tert-OH is 1. The van der Waals surface area contributed by atoms with Crippen LogP contribution in [0, 0.1) is 0 Å². The van der Waals surface area contributed by atoms with Crippen molar-refractivity contribution >= 4 is 22.6 Å². The molecule has 3 N–H and O–H groups in total. The van der Waals surface area contributed by atoms with E-state index in [2.05, 4.69) is 37.1 Å². The number of hydrogen-bond donors (Lipinski definition) is 3. The monoisotopic (exact) mass is 288 g/mol. The molecule has 1 aromatic carbocycles. The van der Waals surface area contributed by atoms with Gasteiger partial charge in [-0.15, -0.1) is 0 Å². The Hall–Kier alpha value is -2.14. The van der Waals surface area contributed by atoms with Gasteiger partial charge in [0.2, 0.25) is 0 Å². The van der Waals surface area contributed by atoms with Crippen molar-refractivity contribution in [2.24, 2.45) is 0 Å². The van der Waals surface area contributed by atoms with Crippen LogP contribution in [0.25, 0.3) is 10.8 Å². The highest BCUT2D eigenvalue weighted by Gasteiger charge is 2.19. The molecule has 1 atom stereocenters. The molecule has 0 saturated heterocycles. The lowest BCUT2D eigenvalue weighted by Crippen LogP contribution is -2.33. The summed E-state index contributed by atoms with van der Waals surface area (Å²) in [5, 5.41) is 22.8. The van der Waals surface area contributed by atoms with Gasteiger partial charge in [0.15, 0.2) is 0 Å². The summed E-state index contributed by atoms with van der Waals surface area (Å²) in [4.78, 5) is 15.3. The highest BCUT2D eigenvalue weighted by molar-refractivity contribution is 5.93. The number of aliphatic carboxylic acids is 1. The molecule has 2 rings (SSSR count). The zero-order valence-corrected chi connectivity index (χ0v) is 12.4. The molecule has 0 fully saturated rings. The molecular formula is C16H20N2O3. The van der Waals surface area contributed by atoms with Crippen LogP contribution in [0.5, 0.6) is 0 Å². The molecule has 1 aromatic heterocycles. The van der Waals surface area contributed by atoms with E-state index in [4.69, 9.17) is 10.2 Å². The number of carboxylic acid groups (broad SMARTS) is 1. The van der Waals surface area contributed by atoms with Crippen LogP contribution < -0.4 is 5.32 Å². The van der Waals surface area contributed by atoms with Crippen LogP contribution in [0.1, 0.15) is 26.3 Å². The fourth-order valence-corrected chi connectivity index (χ4v) is 2.10. The van der Waals surface area contributed by atoms with Crippen molar-refractivity contribution in [3.63, 3.8) is 0 Å². The zero-order chi connectivity index (χ0) is 15.6. The van der Waals surface area contributed by atoms with E-state index in [1.165, 1.54) is 0 Å². The number of anilines is 1. The molecule has 0 aliphatic carbocycles. The van der Waals surface area contributed by atoms with E-state index in [-0.39, 0.29) is 5.41 Å². The topological polar surface area (TPSA) is 82.5 Å². The number of aliphatic hydroxyl groups is 1. The number of fused-ring (bicyclic) bond motifs is 1. The van der Waals surface area contributed by atoms with E-state index in [9.17, 15) is 4.79 Å². The Balaban J connectivity index is 2.50. The van der Waals surface area contributed by atoms with Crippen molar-refractivity contribution in [1.82, 2.24) is 4.98 Å². The summed E-state index contributed by atoms with van der Waals surface area (Å²) < 4.78 is 0. The van der Waals surface area contributed by atoms with Gasteiger partial charge in [0, 0.05) is 11.6 Å². The van der Waals surface area contributed by atoms with E-state index in [1.807, 2.05) is 18.2 Å². The normalized spacial score (nSPS) is 13.1. The van der Waals surface area contributed by atoms with Crippen molar-refractivity contribution in [3.8, 4) is 0 Å². The van der Waals surface area contributed by atoms with E-state index in [1.54, 1.807) is 6.20 Å². The molecule has 112 valence electrons. The van der Waals surface area contributed by atoms with Gasteiger partial charge in [0.1, 0.15) is 11.9 Å². The summed E-state index contributed by atoms with van der Waals surface area (Å²) >= 11 is 0. The maximum Gasteiger partial charge on any atom is 0.328 e. The number of pyridine rings is 1. The predicted octanol–water partition coefficient (Wildman–Crippen LogP) is 2.39. The van der Waals surface area contributed by atoms with Crippen LogP contribution in [-0.2, 0) is 10.2 Å². The van der Waals surface area contributed by atoms with Gasteiger partial charge in [-0.25, -0.2) is 9.78 Å². The third-order valence-electron chi connectivity index (χ3n) is 3.42. The second-order valence-electron chi connectivity index (χ2n) is 6.06. The van der Waals surface area contributed by atoms with Crippen LogP contribution in [0.4, 0.5) is 5.82 Å². The molecule has 21 heavy (non-hydrogen) atoms. The summed E-state index contributed by atoms with van der Waals surface area (Å²) in [6.07, 6.45) is 1.62. The van der Waals surface area contributed by atoms with Crippen molar-refractivity contribution in [3.05, 3.63) is 36.0 Å². The van der Waals surface area contributed by atoms with Crippen LogP contribution in [0.3, 0.4) is 0 Å². The average Bonchev–Trinajstić information content (AvgIpc) is 2.42. The van der Waals surface area contributed by atoms with Gasteiger partial charge in [-0.1, -0.05) is 32.9 Å². The zero-order valence-electron chi connectivity index (χ0n) is 12.4. The van der Waals surface area contributed by atoms with Gasteiger partial charge in [-0.05, 0) is 28.5 Å². The first kappa shape index (κ1) is 15.3. The van der Waals surface area contributed by atoms with Gasteiger partial charge < -0.3 is 15.5 Å². The Bertz CT molecular complexity index is 662. The second kappa shape index (κ2) is 5.69. The van der Waals surface area contributed by atoms with Gasteiger partial charge >= 0.3 is 5.97 Å². The third-order valence-corrected chi connectivity index (χ3v) is 3.42. The van der Waals surface area contributed by atoms with Gasteiger partial charge in [0.05, 0.1) is 6.61 Å². The Morgan fingerprint density at radius 3 is 2.62 bits per heavy atom. The average molecular weight is 288 g/mol. The summed E-state index contributed by atoms with van der Waals surface area (Å²) in [6.45, 7) is 5.86. The van der Waals surface area contributed by atoms with Gasteiger partial charge in [0.25, 0.3) is 0 Å². The lowest BCUT2D eigenvalue weighted by atomic mass is 9.86. The quantitative estimate of drug-likeness (QED) is 0.804. The van der Waals surface area contributed by atoms with Crippen molar-refractivity contribution in [2.45, 2.75) is 32.2 Å². The largest absolute Gasteiger partial charge is 0.480 e. The predicted molar refractivity (Wildman–Crippen MR) is 82.6 cm³/mol. The molecule has 1 heterocycles. The number of carboxylic acids is 1. The molecule has 0 saturated carbocycles. The van der Waals surface area contributed by atoms with E-state index in [0.29, 0.717) is 5.82 Å². The standard InChI is InChI=1S/C16H20N2O3/c1-16(2,3)11-5-4-10-6-7-17-14(12(10)8-11)18-13(9-19)15(20)21/h4-8,13,19H,9H2,1-3H3,(H,17,18)(H,20,21). The van der Waals surface area contributed by atoms with Crippen molar-refractivity contribution in [2.75, 3.05) is 11.9 Å². The Morgan fingerprint density at radius 1 is 1.33 bits per heavy atom. The summed E-state index contributed by atoms with van der Waals surface area (Å²) in [5.74, 6) is -0.636. The molecule has 0 spiro atoms. The first-order valence-electron chi connectivity index (χ1n) is 6.82. The smallest absolute Gasteiger partial charge is 0.328 e. The number of benzene rings is 1. The lowest BCUT2D eigenvalue weighted by Gasteiger charge is -2.20. The first-order chi connectivity index (χ1) is 9.82. The van der Waals surface area contributed by atoms with E-state index in [0.717, 1.165) is 16.3 Å². The minimum absolute atomic E-state index is 0.00945. The molecule has 1 unspecified atom stereocenters. The van der Waals surface area contributed by atoms with Crippen LogP contribution in [0.15, 0.2) is 30.5 Å². The maximum absolute atomic E-state index is 11.0. The van der Waals surface area contributed by atoms with E-state index >= 15 is 0 Å². The molecular weight excluding hydrogens is 268 g/mol. The number of nitrogens with one attached hydrogen (secondary N) is 1. The SMILES string of the molecule is CC(C)(C)c1ccc2ccnc(NC(CO)C(=O)O)c2c1. The van der Waals surface area contributed by atoms with Crippen LogP contribution >= 0.6 is 0 Å². The van der Waals surface area contributed by atoms with Crippen molar-refractivity contribution < 1.29 is 15.0 Å². The Labute approximate surface area is 123 Å². The molecule has 0 bridgehead atoms. The first-order valence-corrected chi connectivity index (χ1v) is 6.82. The number of aromatic nitrogens is 1. The molecule has 2 aromatic rings. The number of nitrogens with zero attached hydrogens (tertiary/aromatic N) is 1. The molecule has 0 aliphatic heterocycles. The minimum atomic E-state index is -1.11. The molecule has 5 nitrogen and oxygen atoms in total. The van der Waals surface area contributed by atoms with Crippen molar-refractivity contribution in [1.29, 1.82) is 0 Å². The minimum Gasteiger partial charge on any atom is -0.480 e. The Kier molecular flexibility index (Phi) is 4.14. The lowest BCUT2D eigenvalue weighted by molar-refractivity contribution is -0.138. The summed E-state index contributed by atoms with van der Waals surface area (Å²) in [6, 6.07) is 6.88. The molecule has 5 heteroatoms. The second-order valence-corrected chi connectivity index (χ2v) is 6.06. The number of hydrogen-bond acceptors (Lipinski definition) is 4. The van der Waals surface area contributed by atoms with E-state index < -0.39 is 18.6 Å². The molecule has 0 amide bonds. The van der Waals surface area contributed by atoms with Crippen LogP contribution in [-0.4, -0.2) is 33.8 Å². The highest BCUT2D eigenvalue weighted by atomic mass is 16.4. The Morgan fingerprint density at radius 2 is 2.05 bits per heavy atom. The molecule has 0 aliphatic rings. The fourth-order valence-electron chi connectivity index (χ4n) is 2.10. The third kappa shape index (κ3) is 3.31. The molecule has 0 radical (unpaired) electrons. The fraction of sp³-hybridized carbons (Fsp3) is 0.375. The summed E-state index contributed by atoms with van der Waals surface area (Å²) in [7, 11) is 0. The summed E-state index contributed by atoms with van der Waals surface area (Å²) in [5.41, 5.74) is 1.13. The maximum atomic E-state index is 11.0. The van der Waals surface area contributed by atoms with Gasteiger partial charge in [-0.3, -0.25) is 0 Å².